The van der Waals surface area contributed by atoms with Crippen molar-refractivity contribution in [2.24, 2.45) is 5.92 Å². The van der Waals surface area contributed by atoms with Crippen LogP contribution in [0.3, 0.4) is 0 Å². The van der Waals surface area contributed by atoms with Crippen LogP contribution in [0.2, 0.25) is 0 Å². The third kappa shape index (κ3) is 4.21. The van der Waals surface area contributed by atoms with Gasteiger partial charge >= 0.3 is 0 Å². The van der Waals surface area contributed by atoms with E-state index in [0.717, 1.165) is 24.0 Å². The molecule has 2 fully saturated rings. The van der Waals surface area contributed by atoms with Crippen LogP contribution in [0.5, 0.6) is 0 Å². The molecule has 25 heavy (non-hydrogen) atoms. The number of aliphatic hydroxyl groups excluding tert-OH is 1. The van der Waals surface area contributed by atoms with Gasteiger partial charge in [-0.1, -0.05) is 17.2 Å². The minimum absolute atomic E-state index is 0.0263. The molecule has 2 aliphatic heterocycles. The Morgan fingerprint density at radius 3 is 2.24 bits per heavy atom. The molecule has 2 aliphatic rings. The number of amides is 2. The predicted molar refractivity (Wildman–Crippen MR) is 96.4 cm³/mol. The molecular weight excluding hydrogens is 316 g/mol. The van der Waals surface area contributed by atoms with Crippen molar-refractivity contribution in [2.75, 3.05) is 26.2 Å². The van der Waals surface area contributed by atoms with Gasteiger partial charge in [0.15, 0.2) is 0 Å². The van der Waals surface area contributed by atoms with E-state index in [1.807, 2.05) is 35.8 Å². The van der Waals surface area contributed by atoms with Crippen molar-refractivity contribution in [2.45, 2.75) is 45.6 Å². The van der Waals surface area contributed by atoms with Crippen LogP contribution < -0.4 is 0 Å². The van der Waals surface area contributed by atoms with E-state index >= 15 is 0 Å². The maximum Gasteiger partial charge on any atom is 0.253 e. The second kappa shape index (κ2) is 7.56. The molecule has 0 bridgehead atoms. The first-order valence-electron chi connectivity index (χ1n) is 9.28. The number of likely N-dealkylation sites (tertiary alicyclic amines) is 2. The van der Waals surface area contributed by atoms with E-state index in [1.54, 1.807) is 0 Å². The number of hydrogen-bond donors (Lipinski definition) is 1. The Morgan fingerprint density at radius 1 is 0.960 bits per heavy atom. The average Bonchev–Trinajstić information content (AvgIpc) is 2.60. The summed E-state index contributed by atoms with van der Waals surface area (Å²) in [6.07, 6.45) is 2.74. The lowest BCUT2D eigenvalue weighted by Crippen LogP contribution is -2.49. The molecule has 1 atom stereocenters. The van der Waals surface area contributed by atoms with Crippen molar-refractivity contribution in [1.29, 1.82) is 0 Å². The van der Waals surface area contributed by atoms with Gasteiger partial charge in [0.2, 0.25) is 5.91 Å². The van der Waals surface area contributed by atoms with Gasteiger partial charge in [-0.3, -0.25) is 9.59 Å². The molecule has 1 aromatic carbocycles. The summed E-state index contributed by atoms with van der Waals surface area (Å²) in [7, 11) is 0. The summed E-state index contributed by atoms with van der Waals surface area (Å²) in [5, 5.41) is 9.61. The van der Waals surface area contributed by atoms with Crippen LogP contribution in [0.25, 0.3) is 0 Å². The molecule has 0 spiro atoms. The Labute approximate surface area is 149 Å². The van der Waals surface area contributed by atoms with Crippen molar-refractivity contribution < 1.29 is 14.7 Å². The maximum absolute atomic E-state index is 12.9. The van der Waals surface area contributed by atoms with Gasteiger partial charge in [-0.25, -0.2) is 0 Å². The van der Waals surface area contributed by atoms with Crippen LogP contribution in [0.15, 0.2) is 18.2 Å². The fourth-order valence-corrected chi connectivity index (χ4v) is 3.99. The minimum Gasteiger partial charge on any atom is -0.393 e. The lowest BCUT2D eigenvalue weighted by atomic mass is 9.94. The van der Waals surface area contributed by atoms with Crippen LogP contribution in [0.4, 0.5) is 0 Å². The maximum atomic E-state index is 12.9. The van der Waals surface area contributed by atoms with Crippen molar-refractivity contribution >= 4 is 11.8 Å². The van der Waals surface area contributed by atoms with Crippen molar-refractivity contribution in [1.82, 2.24) is 9.80 Å². The predicted octanol–water partition coefficient (Wildman–Crippen LogP) is 2.14. The number of carbonyl (C=O) groups is 2. The molecular formula is C20H28N2O3. The van der Waals surface area contributed by atoms with E-state index in [2.05, 4.69) is 6.07 Å². The second-order valence-electron chi connectivity index (χ2n) is 7.52. The Morgan fingerprint density at radius 2 is 1.60 bits per heavy atom. The first-order valence-corrected chi connectivity index (χ1v) is 9.28. The highest BCUT2D eigenvalue weighted by molar-refractivity contribution is 5.95. The van der Waals surface area contributed by atoms with Crippen LogP contribution in [0, 0.1) is 19.8 Å². The molecule has 136 valence electrons. The average molecular weight is 344 g/mol. The molecule has 2 amide bonds. The summed E-state index contributed by atoms with van der Waals surface area (Å²) in [6.45, 7) is 6.47. The zero-order chi connectivity index (χ0) is 18.0. The highest BCUT2D eigenvalue weighted by Crippen LogP contribution is 2.23. The van der Waals surface area contributed by atoms with Gasteiger partial charge in [-0.15, -0.1) is 0 Å². The third-order valence-corrected chi connectivity index (χ3v) is 5.30. The van der Waals surface area contributed by atoms with Gasteiger partial charge in [0.1, 0.15) is 0 Å². The Balaban J connectivity index is 1.66. The van der Waals surface area contributed by atoms with E-state index in [1.165, 1.54) is 0 Å². The SMILES string of the molecule is Cc1cc(C)cc(C(=O)N2CCCC(C(=O)N3CCC(O)CC3)C2)c1. The number of nitrogens with zero attached hydrogens (tertiary/aromatic N) is 2. The molecule has 0 aromatic heterocycles. The molecule has 1 N–H and O–H groups in total. The number of hydrogen-bond acceptors (Lipinski definition) is 3. The van der Waals surface area contributed by atoms with E-state index < -0.39 is 0 Å². The van der Waals surface area contributed by atoms with E-state index in [-0.39, 0.29) is 23.8 Å². The van der Waals surface area contributed by atoms with Crippen LogP contribution in [-0.4, -0.2) is 59.0 Å². The second-order valence-corrected chi connectivity index (χ2v) is 7.52. The fraction of sp³-hybridized carbons (Fsp3) is 0.600. The topological polar surface area (TPSA) is 60.9 Å². The first kappa shape index (κ1) is 17.9. The van der Waals surface area contributed by atoms with Crippen LogP contribution in [-0.2, 0) is 4.79 Å². The van der Waals surface area contributed by atoms with Gasteiger partial charge in [0.25, 0.3) is 5.91 Å². The Hall–Kier alpha value is -1.88. The highest BCUT2D eigenvalue weighted by Gasteiger charge is 2.33. The van der Waals surface area contributed by atoms with Gasteiger partial charge in [0, 0.05) is 31.7 Å². The van der Waals surface area contributed by atoms with Crippen LogP contribution >= 0.6 is 0 Å². The molecule has 2 saturated heterocycles. The molecule has 0 aliphatic carbocycles. The highest BCUT2D eigenvalue weighted by atomic mass is 16.3. The zero-order valence-corrected chi connectivity index (χ0v) is 15.2. The Kier molecular flexibility index (Phi) is 5.42. The number of piperidine rings is 2. The molecule has 0 radical (unpaired) electrons. The molecule has 1 aromatic rings. The van der Waals surface area contributed by atoms with Gasteiger partial charge < -0.3 is 14.9 Å². The summed E-state index contributed by atoms with van der Waals surface area (Å²) in [6, 6.07) is 5.91. The zero-order valence-electron chi connectivity index (χ0n) is 15.2. The van der Waals surface area contributed by atoms with E-state index in [0.29, 0.717) is 44.6 Å². The Bertz CT molecular complexity index is 630. The van der Waals surface area contributed by atoms with Gasteiger partial charge in [0.05, 0.1) is 12.0 Å². The summed E-state index contributed by atoms with van der Waals surface area (Å²) >= 11 is 0. The van der Waals surface area contributed by atoms with E-state index in [4.69, 9.17) is 0 Å². The summed E-state index contributed by atoms with van der Waals surface area (Å²) < 4.78 is 0. The number of carbonyl (C=O) groups excluding carboxylic acids is 2. The largest absolute Gasteiger partial charge is 0.393 e. The molecule has 3 rings (SSSR count). The quantitative estimate of drug-likeness (QED) is 0.894. The molecule has 5 nitrogen and oxygen atoms in total. The normalized spacial score (nSPS) is 22.1. The number of benzene rings is 1. The smallest absolute Gasteiger partial charge is 0.253 e. The number of aliphatic hydroxyl groups is 1. The first-order chi connectivity index (χ1) is 11.9. The lowest BCUT2D eigenvalue weighted by Gasteiger charge is -2.37. The number of aryl methyl sites for hydroxylation is 2. The van der Waals surface area contributed by atoms with E-state index in [9.17, 15) is 14.7 Å². The van der Waals surface area contributed by atoms with Crippen molar-refractivity contribution in [3.8, 4) is 0 Å². The number of rotatable bonds is 2. The minimum atomic E-state index is -0.280. The fourth-order valence-electron chi connectivity index (χ4n) is 3.99. The summed E-state index contributed by atoms with van der Waals surface area (Å²) in [4.78, 5) is 29.3. The van der Waals surface area contributed by atoms with Gasteiger partial charge in [-0.05, 0) is 51.7 Å². The molecule has 1 unspecified atom stereocenters. The summed E-state index contributed by atoms with van der Waals surface area (Å²) in [5.74, 6) is 0.0574. The standard InChI is InChI=1S/C20H28N2O3/c1-14-10-15(2)12-17(11-14)20(25)22-7-3-4-16(13-22)19(24)21-8-5-18(23)6-9-21/h10-12,16,18,23H,3-9,13H2,1-2H3. The van der Waals surface area contributed by atoms with Crippen molar-refractivity contribution in [3.63, 3.8) is 0 Å². The lowest BCUT2D eigenvalue weighted by molar-refractivity contribution is -0.139. The third-order valence-electron chi connectivity index (χ3n) is 5.30. The monoisotopic (exact) mass is 344 g/mol. The molecule has 5 heteroatoms. The molecule has 0 saturated carbocycles. The molecule has 2 heterocycles. The van der Waals surface area contributed by atoms with Gasteiger partial charge in [-0.2, -0.15) is 0 Å². The summed E-state index contributed by atoms with van der Waals surface area (Å²) in [5.41, 5.74) is 2.88. The van der Waals surface area contributed by atoms with Crippen LogP contribution in [0.1, 0.15) is 47.2 Å². The van der Waals surface area contributed by atoms with Crippen molar-refractivity contribution in [3.05, 3.63) is 34.9 Å².